The quantitative estimate of drug-likeness (QED) is 0.922. The molecule has 0 amide bonds. The molecule has 2 rings (SSSR count). The van der Waals surface area contributed by atoms with Gasteiger partial charge in [-0.15, -0.1) is 22.7 Å². The maximum atomic E-state index is 4.53. The average Bonchev–Trinajstić information content (AvgIpc) is 2.84. The summed E-state index contributed by atoms with van der Waals surface area (Å²) in [6.07, 6.45) is 0. The fraction of sp³-hybridized carbons (Fsp3) is 0.538. The highest BCUT2D eigenvalue weighted by Crippen LogP contribution is 2.27. The van der Waals surface area contributed by atoms with E-state index in [1.165, 1.54) is 4.88 Å². The smallest absolute Gasteiger partial charge is 0.0900 e. The number of aromatic nitrogens is 2. The van der Waals surface area contributed by atoms with Crippen molar-refractivity contribution >= 4 is 22.7 Å². The van der Waals surface area contributed by atoms with E-state index < -0.39 is 0 Å². The van der Waals surface area contributed by atoms with E-state index in [2.05, 4.69) is 48.4 Å². The zero-order valence-corrected chi connectivity index (χ0v) is 13.1. The van der Waals surface area contributed by atoms with Crippen LogP contribution < -0.4 is 5.32 Å². The lowest BCUT2D eigenvalue weighted by molar-refractivity contribution is 0.491. The minimum atomic E-state index is 0.270. The number of aryl methyl sites for hydroxylation is 3. The summed E-state index contributed by atoms with van der Waals surface area (Å²) < 4.78 is 0. The first-order valence-electron chi connectivity index (χ1n) is 6.09. The van der Waals surface area contributed by atoms with E-state index in [9.17, 15) is 0 Å². The standard InChI is InChI=1S/C13H19N3S2/c1-7(12-6-17-10(4)16-12)14-8(2)13-9(3)15-11(5)18-13/h6-8,14H,1-5H3. The zero-order chi connectivity index (χ0) is 13.3. The molecule has 18 heavy (non-hydrogen) atoms. The van der Waals surface area contributed by atoms with Gasteiger partial charge in [-0.2, -0.15) is 0 Å². The number of rotatable bonds is 4. The summed E-state index contributed by atoms with van der Waals surface area (Å²) in [6, 6.07) is 0.583. The van der Waals surface area contributed by atoms with Gasteiger partial charge in [0.2, 0.25) is 0 Å². The molecule has 2 unspecified atom stereocenters. The van der Waals surface area contributed by atoms with Crippen LogP contribution in [-0.4, -0.2) is 9.97 Å². The van der Waals surface area contributed by atoms with Crippen LogP contribution in [0.15, 0.2) is 5.38 Å². The van der Waals surface area contributed by atoms with Crippen molar-refractivity contribution in [2.75, 3.05) is 0 Å². The van der Waals surface area contributed by atoms with Crippen LogP contribution in [-0.2, 0) is 0 Å². The normalized spacial score (nSPS) is 14.7. The van der Waals surface area contributed by atoms with E-state index in [0.717, 1.165) is 21.4 Å². The van der Waals surface area contributed by atoms with Crippen molar-refractivity contribution in [1.82, 2.24) is 15.3 Å². The summed E-state index contributed by atoms with van der Waals surface area (Å²) in [5.74, 6) is 0. The maximum absolute atomic E-state index is 4.53. The van der Waals surface area contributed by atoms with Gasteiger partial charge >= 0.3 is 0 Å². The molecule has 0 saturated carbocycles. The zero-order valence-electron chi connectivity index (χ0n) is 11.4. The largest absolute Gasteiger partial charge is 0.301 e. The van der Waals surface area contributed by atoms with Gasteiger partial charge in [-0.25, -0.2) is 9.97 Å². The second kappa shape index (κ2) is 5.47. The molecule has 0 aliphatic heterocycles. The van der Waals surface area contributed by atoms with Crippen LogP contribution in [0.3, 0.4) is 0 Å². The Kier molecular flexibility index (Phi) is 4.14. The Labute approximate surface area is 116 Å². The molecule has 0 aliphatic carbocycles. The fourth-order valence-corrected chi connectivity index (χ4v) is 3.71. The van der Waals surface area contributed by atoms with Gasteiger partial charge in [-0.05, 0) is 34.6 Å². The fourth-order valence-electron chi connectivity index (χ4n) is 2.06. The second-order valence-electron chi connectivity index (χ2n) is 4.58. The van der Waals surface area contributed by atoms with Crippen LogP contribution in [0, 0.1) is 20.8 Å². The Morgan fingerprint density at radius 3 is 2.28 bits per heavy atom. The number of nitrogens with zero attached hydrogens (tertiary/aromatic N) is 2. The summed E-state index contributed by atoms with van der Waals surface area (Å²) in [4.78, 5) is 10.3. The van der Waals surface area contributed by atoms with Gasteiger partial charge in [-0.3, -0.25) is 0 Å². The summed E-state index contributed by atoms with van der Waals surface area (Å²) in [5.41, 5.74) is 2.27. The lowest BCUT2D eigenvalue weighted by atomic mass is 10.2. The van der Waals surface area contributed by atoms with Gasteiger partial charge in [0.15, 0.2) is 0 Å². The maximum Gasteiger partial charge on any atom is 0.0900 e. The van der Waals surface area contributed by atoms with Crippen LogP contribution in [0.2, 0.25) is 0 Å². The van der Waals surface area contributed by atoms with Gasteiger partial charge in [0.05, 0.1) is 21.4 Å². The minimum Gasteiger partial charge on any atom is -0.301 e. The highest BCUT2D eigenvalue weighted by molar-refractivity contribution is 7.11. The first kappa shape index (κ1) is 13.6. The van der Waals surface area contributed by atoms with Crippen LogP contribution in [0.5, 0.6) is 0 Å². The third-order valence-electron chi connectivity index (χ3n) is 2.91. The molecule has 0 bridgehead atoms. The highest BCUT2D eigenvalue weighted by Gasteiger charge is 2.17. The third kappa shape index (κ3) is 2.96. The van der Waals surface area contributed by atoms with E-state index in [0.29, 0.717) is 6.04 Å². The molecule has 0 saturated heterocycles. The lowest BCUT2D eigenvalue weighted by Gasteiger charge is -2.18. The van der Waals surface area contributed by atoms with Crippen LogP contribution in [0.1, 0.15) is 52.2 Å². The summed E-state index contributed by atoms with van der Waals surface area (Å²) in [5, 5.41) is 7.98. The van der Waals surface area contributed by atoms with E-state index in [1.54, 1.807) is 22.7 Å². The van der Waals surface area contributed by atoms with E-state index in [-0.39, 0.29) is 6.04 Å². The first-order chi connectivity index (χ1) is 8.47. The SMILES string of the molecule is Cc1nc(C(C)NC(C)c2sc(C)nc2C)cs1. The Morgan fingerprint density at radius 1 is 1.06 bits per heavy atom. The molecule has 3 nitrogen and oxygen atoms in total. The van der Waals surface area contributed by atoms with Crippen molar-refractivity contribution in [3.05, 3.63) is 31.7 Å². The predicted octanol–water partition coefficient (Wildman–Crippen LogP) is 3.94. The minimum absolute atomic E-state index is 0.270. The third-order valence-corrected chi connectivity index (χ3v) is 4.96. The molecule has 98 valence electrons. The summed E-state index contributed by atoms with van der Waals surface area (Å²) >= 11 is 3.48. The van der Waals surface area contributed by atoms with Crippen molar-refractivity contribution < 1.29 is 0 Å². The first-order valence-corrected chi connectivity index (χ1v) is 7.79. The molecule has 2 heterocycles. The van der Waals surface area contributed by atoms with Crippen molar-refractivity contribution in [2.24, 2.45) is 0 Å². The monoisotopic (exact) mass is 281 g/mol. The summed E-state index contributed by atoms with van der Waals surface area (Å²) in [7, 11) is 0. The second-order valence-corrected chi connectivity index (χ2v) is 6.88. The predicted molar refractivity (Wildman–Crippen MR) is 78.4 cm³/mol. The van der Waals surface area contributed by atoms with Crippen LogP contribution in [0.4, 0.5) is 0 Å². The van der Waals surface area contributed by atoms with E-state index in [4.69, 9.17) is 0 Å². The van der Waals surface area contributed by atoms with E-state index in [1.807, 2.05) is 6.92 Å². The Balaban J connectivity index is 2.07. The molecule has 1 N–H and O–H groups in total. The Bertz CT molecular complexity index is 530. The molecule has 2 aromatic heterocycles. The molecule has 0 spiro atoms. The number of hydrogen-bond acceptors (Lipinski definition) is 5. The molecule has 0 aromatic carbocycles. The molecule has 0 radical (unpaired) electrons. The summed E-state index contributed by atoms with van der Waals surface area (Å²) in [6.45, 7) is 10.5. The van der Waals surface area contributed by atoms with Gasteiger partial charge in [0.25, 0.3) is 0 Å². The number of nitrogens with one attached hydrogen (secondary N) is 1. The van der Waals surface area contributed by atoms with Crippen molar-refractivity contribution in [3.8, 4) is 0 Å². The molecular weight excluding hydrogens is 262 g/mol. The van der Waals surface area contributed by atoms with Crippen molar-refractivity contribution in [1.29, 1.82) is 0 Å². The number of thiazole rings is 2. The topological polar surface area (TPSA) is 37.8 Å². The van der Waals surface area contributed by atoms with Gasteiger partial charge in [0, 0.05) is 22.3 Å². The van der Waals surface area contributed by atoms with Crippen molar-refractivity contribution in [3.63, 3.8) is 0 Å². The molecule has 2 aromatic rings. The number of hydrogen-bond donors (Lipinski definition) is 1. The molecular formula is C13H19N3S2. The van der Waals surface area contributed by atoms with Gasteiger partial charge in [-0.1, -0.05) is 0 Å². The molecule has 0 aliphatic rings. The average molecular weight is 281 g/mol. The van der Waals surface area contributed by atoms with Gasteiger partial charge in [0.1, 0.15) is 0 Å². The van der Waals surface area contributed by atoms with E-state index >= 15 is 0 Å². The van der Waals surface area contributed by atoms with Crippen LogP contribution in [0.25, 0.3) is 0 Å². The van der Waals surface area contributed by atoms with Gasteiger partial charge < -0.3 is 5.32 Å². The Morgan fingerprint density at radius 2 is 1.78 bits per heavy atom. The van der Waals surface area contributed by atoms with Crippen molar-refractivity contribution in [2.45, 2.75) is 46.7 Å². The van der Waals surface area contributed by atoms with Crippen LogP contribution >= 0.6 is 22.7 Å². The molecule has 0 fully saturated rings. The molecule has 2 atom stereocenters. The molecule has 5 heteroatoms. The highest BCUT2D eigenvalue weighted by atomic mass is 32.1. The lowest BCUT2D eigenvalue weighted by Crippen LogP contribution is -2.22. The Hall–Kier alpha value is -0.780.